The number of hydrogen-bond donors (Lipinski definition) is 1. The van der Waals surface area contributed by atoms with Gasteiger partial charge in [0.2, 0.25) is 0 Å². The first-order valence-corrected chi connectivity index (χ1v) is 19.8. The van der Waals surface area contributed by atoms with E-state index in [2.05, 4.69) is 16.9 Å². The molecule has 15 heavy (non-hydrogen) atoms. The first-order chi connectivity index (χ1) is 7.17. The van der Waals surface area contributed by atoms with E-state index in [0.29, 0.717) is 16.5 Å². The van der Waals surface area contributed by atoms with Crippen LogP contribution in [0, 0.1) is 0 Å². The molecule has 0 saturated carbocycles. The van der Waals surface area contributed by atoms with E-state index < -0.39 is 22.1 Å². The molecule has 0 fully saturated rings. The summed E-state index contributed by atoms with van der Waals surface area (Å²) in [5, 5.41) is 0. The van der Waals surface area contributed by atoms with E-state index in [4.69, 9.17) is 4.74 Å². The Hall–Kier alpha value is 0.115. The molecule has 1 aromatic heterocycles. The minimum absolute atomic E-state index is 0.0685. The van der Waals surface area contributed by atoms with Crippen LogP contribution in [0.5, 0.6) is 0 Å². The molecule has 1 aromatic rings. The number of ether oxygens (including phenoxy) is 1. The molecule has 2 rings (SSSR count). The van der Waals surface area contributed by atoms with E-state index in [0.717, 1.165) is 0 Å². The van der Waals surface area contributed by atoms with Crippen LogP contribution in [0.4, 0.5) is 0 Å². The number of nitrogens with zero attached hydrogens (tertiary/aromatic N) is 2. The quantitative estimate of drug-likeness (QED) is 0.603. The molecule has 0 aromatic carbocycles. The number of halogens is 1. The molecule has 1 aliphatic rings. The molecule has 2 atom stereocenters. The zero-order valence-corrected chi connectivity index (χ0v) is 15.4. The van der Waals surface area contributed by atoms with E-state index in [1.165, 1.54) is 9.36 Å². The molecule has 0 spiro atoms. The first-order valence-electron chi connectivity index (χ1n) is 4.66. The fourth-order valence-corrected chi connectivity index (χ4v) is 10.8. The van der Waals surface area contributed by atoms with Crippen LogP contribution in [0.25, 0.3) is 0 Å². The van der Waals surface area contributed by atoms with Gasteiger partial charge in [-0.15, -0.1) is 0 Å². The summed E-state index contributed by atoms with van der Waals surface area (Å²) < 4.78 is 8.71. The molecule has 1 aliphatic heterocycles. The summed E-state index contributed by atoms with van der Waals surface area (Å²) in [5.41, 5.74) is -0.652. The van der Waals surface area contributed by atoms with Gasteiger partial charge in [-0.1, -0.05) is 0 Å². The van der Waals surface area contributed by atoms with E-state index in [1.807, 2.05) is 0 Å². The van der Waals surface area contributed by atoms with Gasteiger partial charge in [-0.25, -0.2) is 0 Å². The van der Waals surface area contributed by atoms with Crippen molar-refractivity contribution in [2.45, 2.75) is 22.6 Å². The molecule has 1 N–H and O–H groups in total. The van der Waals surface area contributed by atoms with Crippen molar-refractivity contribution >= 4 is 11.9 Å². The Morgan fingerprint density at radius 1 is 1.40 bits per heavy atom. The van der Waals surface area contributed by atoms with Crippen molar-refractivity contribution in [1.29, 1.82) is 0 Å². The third-order valence-corrected chi connectivity index (χ3v) is 14.6. The molecule has 0 saturated heterocycles. The maximum atomic E-state index is 11.4. The average Bonchev–Trinajstić information content (AvgIpc) is 2.52. The molecule has 2 unspecified atom stereocenters. The molecule has 2 heterocycles. The number of aromatic nitrogens is 3. The summed E-state index contributed by atoms with van der Waals surface area (Å²) in [6.07, 6.45) is 0.0685. The Morgan fingerprint density at radius 2 is 2.00 bits per heavy atom. The molecule has 6 nitrogen and oxygen atoms in total. The molecular formula is C7H10BrHgN3O3. The van der Waals surface area contributed by atoms with Crippen LogP contribution in [0.3, 0.4) is 0 Å². The maximum absolute atomic E-state index is 11.4. The first kappa shape index (κ1) is 11.6. The number of aromatic amines is 1. The number of methoxy groups -OCH3 is 1. The van der Waals surface area contributed by atoms with Crippen molar-refractivity contribution in [2.24, 2.45) is 0 Å². The zero-order chi connectivity index (χ0) is 11.0. The summed E-state index contributed by atoms with van der Waals surface area (Å²) in [5.74, 6) is 0. The van der Waals surface area contributed by atoms with Crippen LogP contribution in [-0.2, 0) is 40.0 Å². The normalized spacial score (nSPS) is 24.7. The van der Waals surface area contributed by atoms with Gasteiger partial charge in [-0.05, 0) is 0 Å². The van der Waals surface area contributed by atoms with Crippen molar-refractivity contribution in [3.63, 3.8) is 0 Å². The fraction of sp³-hybridized carbons (Fsp3) is 0.714. The van der Waals surface area contributed by atoms with Crippen molar-refractivity contribution < 1.29 is 26.9 Å². The number of rotatable bonds is 2. The van der Waals surface area contributed by atoms with Gasteiger partial charge >= 0.3 is 104 Å². The molecule has 0 radical (unpaired) electrons. The summed E-state index contributed by atoms with van der Waals surface area (Å²) >= 11 is 2.46. The minimum atomic E-state index is -1.15. The SMILES string of the molecule is COC1Cn2c(=O)[nH]c(=O)n2C[CH]1[Hg][Br]. The Balaban J connectivity index is 2.43. The predicted octanol–water partition coefficient (Wildman–Crippen LogP) is -0.452. The van der Waals surface area contributed by atoms with Crippen LogP contribution in [0.1, 0.15) is 0 Å². The Labute approximate surface area is 103 Å². The number of fused-ring (bicyclic) bond motifs is 1. The third-order valence-electron chi connectivity index (χ3n) is 2.76. The van der Waals surface area contributed by atoms with Crippen LogP contribution < -0.4 is 11.4 Å². The van der Waals surface area contributed by atoms with Crippen LogP contribution in [0.2, 0.25) is 3.43 Å². The van der Waals surface area contributed by atoms with Gasteiger partial charge in [0.25, 0.3) is 0 Å². The molecule has 0 amide bonds. The van der Waals surface area contributed by atoms with Crippen molar-refractivity contribution in [2.75, 3.05) is 7.11 Å². The van der Waals surface area contributed by atoms with Crippen molar-refractivity contribution in [3.8, 4) is 0 Å². The molecule has 0 bridgehead atoms. The van der Waals surface area contributed by atoms with Crippen LogP contribution in [-0.4, -0.2) is 27.6 Å². The second-order valence-electron chi connectivity index (χ2n) is 3.59. The zero-order valence-electron chi connectivity index (χ0n) is 8.27. The summed E-state index contributed by atoms with van der Waals surface area (Å²) in [4.78, 5) is 25.1. The number of nitrogens with one attached hydrogen (secondary N) is 1. The van der Waals surface area contributed by atoms with Crippen molar-refractivity contribution in [1.82, 2.24) is 14.3 Å². The summed E-state index contributed by atoms with van der Waals surface area (Å²) in [6, 6.07) is 0. The predicted molar refractivity (Wildman–Crippen MR) is 52.8 cm³/mol. The number of H-pyrrole nitrogens is 1. The van der Waals surface area contributed by atoms with Crippen molar-refractivity contribution in [3.05, 3.63) is 21.0 Å². The molecule has 80 valence electrons. The van der Waals surface area contributed by atoms with Gasteiger partial charge in [-0.3, -0.25) is 0 Å². The Bertz CT molecular complexity index is 424. The van der Waals surface area contributed by atoms with Crippen LogP contribution in [0.15, 0.2) is 9.59 Å². The second-order valence-corrected chi connectivity index (χ2v) is 14.5. The Kier molecular flexibility index (Phi) is 3.51. The van der Waals surface area contributed by atoms with Gasteiger partial charge in [0.1, 0.15) is 0 Å². The number of hydrogen-bond acceptors (Lipinski definition) is 3. The van der Waals surface area contributed by atoms with Gasteiger partial charge < -0.3 is 0 Å². The third kappa shape index (κ3) is 2.01. The molecule has 8 heteroatoms. The molecular weight excluding hydrogens is 455 g/mol. The Morgan fingerprint density at radius 3 is 2.53 bits per heavy atom. The van der Waals surface area contributed by atoms with Gasteiger partial charge in [0.05, 0.1) is 0 Å². The molecule has 0 aliphatic carbocycles. The monoisotopic (exact) mass is 465 g/mol. The van der Waals surface area contributed by atoms with Gasteiger partial charge in [0.15, 0.2) is 0 Å². The fourth-order valence-electron chi connectivity index (χ4n) is 1.88. The standard InChI is InChI=1S/C7H10N3O3.BrH.Hg/c1-13-5-2-3-9-6(11)8-7(12)10(9)4-5;;/h2,5H,3-4H2,1H3,(H,8,11,12);1H;/q;;+1/p-1. The summed E-state index contributed by atoms with van der Waals surface area (Å²) in [7, 11) is 1.65. The van der Waals surface area contributed by atoms with E-state index in [-0.39, 0.29) is 17.5 Å². The topological polar surface area (TPSA) is 69.0 Å². The average molecular weight is 465 g/mol. The van der Waals surface area contributed by atoms with E-state index >= 15 is 0 Å². The second kappa shape index (κ2) is 4.54. The van der Waals surface area contributed by atoms with E-state index in [1.54, 1.807) is 7.11 Å². The summed E-state index contributed by atoms with van der Waals surface area (Å²) in [6.45, 7) is 1.08. The van der Waals surface area contributed by atoms with Gasteiger partial charge in [-0.2, -0.15) is 0 Å². The van der Waals surface area contributed by atoms with E-state index in [9.17, 15) is 9.59 Å². The van der Waals surface area contributed by atoms with Gasteiger partial charge in [0, 0.05) is 0 Å². The van der Waals surface area contributed by atoms with Crippen LogP contribution >= 0.6 is 11.9 Å².